The predicted molar refractivity (Wildman–Crippen MR) is 67.5 cm³/mol. The van der Waals surface area contributed by atoms with Gasteiger partial charge in [-0.25, -0.2) is 0 Å². The molecule has 0 aromatic heterocycles. The first kappa shape index (κ1) is 13.0. The van der Waals surface area contributed by atoms with Gasteiger partial charge in [0.2, 0.25) is 11.8 Å². The molecule has 1 aromatic carbocycles. The van der Waals surface area contributed by atoms with Gasteiger partial charge in [0, 0.05) is 30.8 Å². The maximum atomic E-state index is 11.9. The maximum Gasteiger partial charge on any atom is 0.271 e. The Bertz CT molecular complexity index is 519. The predicted octanol–water partition coefficient (Wildman–Crippen LogP) is 1.06. The summed E-state index contributed by atoms with van der Waals surface area (Å²) >= 11 is 0. The molecule has 0 radical (unpaired) electrons. The van der Waals surface area contributed by atoms with Gasteiger partial charge in [0.05, 0.1) is 10.8 Å². The van der Waals surface area contributed by atoms with Crippen LogP contribution in [-0.4, -0.2) is 23.3 Å². The molecular formula is C12H13N3O4. The van der Waals surface area contributed by atoms with Crippen LogP contribution in [0, 0.1) is 16.0 Å². The minimum atomic E-state index is -0.517. The topological polar surface area (TPSA) is 101 Å². The number of nitrogens with one attached hydrogen (secondary N) is 2. The van der Waals surface area contributed by atoms with Crippen molar-refractivity contribution in [1.82, 2.24) is 5.32 Å². The highest BCUT2D eigenvalue weighted by molar-refractivity contribution is 5.94. The van der Waals surface area contributed by atoms with Crippen LogP contribution in [0.2, 0.25) is 0 Å². The van der Waals surface area contributed by atoms with E-state index in [9.17, 15) is 19.7 Å². The van der Waals surface area contributed by atoms with E-state index in [0.717, 1.165) is 0 Å². The molecule has 1 aliphatic heterocycles. The fourth-order valence-corrected chi connectivity index (χ4v) is 1.90. The summed E-state index contributed by atoms with van der Waals surface area (Å²) in [4.78, 5) is 33.0. The number of anilines is 1. The first-order chi connectivity index (χ1) is 9.06. The summed E-state index contributed by atoms with van der Waals surface area (Å²) in [7, 11) is 0. The van der Waals surface area contributed by atoms with E-state index in [1.165, 1.54) is 18.2 Å². The zero-order chi connectivity index (χ0) is 13.8. The molecule has 19 heavy (non-hydrogen) atoms. The molecule has 0 saturated carbocycles. The number of rotatable bonds is 3. The molecular weight excluding hydrogens is 250 g/mol. The van der Waals surface area contributed by atoms with Crippen LogP contribution in [0.5, 0.6) is 0 Å². The third-order valence-electron chi connectivity index (χ3n) is 2.96. The van der Waals surface area contributed by atoms with Crippen LogP contribution in [0.25, 0.3) is 0 Å². The number of nitrogens with zero attached hydrogens (tertiary/aromatic N) is 1. The minimum absolute atomic E-state index is 0.0561. The van der Waals surface area contributed by atoms with E-state index < -0.39 is 4.92 Å². The summed E-state index contributed by atoms with van der Waals surface area (Å²) in [5.74, 6) is -0.586. The van der Waals surface area contributed by atoms with Crippen molar-refractivity contribution in [2.24, 2.45) is 5.92 Å². The van der Waals surface area contributed by atoms with Crippen molar-refractivity contribution in [1.29, 1.82) is 0 Å². The molecule has 2 N–H and O–H groups in total. The van der Waals surface area contributed by atoms with Gasteiger partial charge in [-0.1, -0.05) is 6.07 Å². The molecule has 1 fully saturated rings. The van der Waals surface area contributed by atoms with Crippen LogP contribution in [0.4, 0.5) is 11.4 Å². The third kappa shape index (κ3) is 3.27. The van der Waals surface area contributed by atoms with Gasteiger partial charge in [0.25, 0.3) is 5.69 Å². The zero-order valence-electron chi connectivity index (χ0n) is 10.1. The first-order valence-corrected chi connectivity index (χ1v) is 5.88. The van der Waals surface area contributed by atoms with Gasteiger partial charge < -0.3 is 10.6 Å². The number of amides is 2. The normalized spacial score (nSPS) is 18.5. The van der Waals surface area contributed by atoms with Gasteiger partial charge in [0.15, 0.2) is 0 Å². The molecule has 1 heterocycles. The quantitative estimate of drug-likeness (QED) is 0.628. The highest BCUT2D eigenvalue weighted by Crippen LogP contribution is 2.19. The Labute approximate surface area is 109 Å². The van der Waals surface area contributed by atoms with Crippen molar-refractivity contribution in [3.8, 4) is 0 Å². The summed E-state index contributed by atoms with van der Waals surface area (Å²) in [6, 6.07) is 5.76. The van der Waals surface area contributed by atoms with Crippen molar-refractivity contribution < 1.29 is 14.5 Å². The molecule has 1 aromatic rings. The van der Waals surface area contributed by atoms with E-state index in [0.29, 0.717) is 25.1 Å². The Balaban J connectivity index is 2.00. The first-order valence-electron chi connectivity index (χ1n) is 5.88. The number of hydrogen-bond acceptors (Lipinski definition) is 4. The van der Waals surface area contributed by atoms with Crippen LogP contribution in [0.3, 0.4) is 0 Å². The molecule has 0 aliphatic carbocycles. The lowest BCUT2D eigenvalue weighted by molar-refractivity contribution is -0.384. The maximum absolute atomic E-state index is 11.9. The number of nitro groups is 1. The fraction of sp³-hybridized carbons (Fsp3) is 0.333. The van der Waals surface area contributed by atoms with Gasteiger partial charge in [-0.05, 0) is 12.5 Å². The molecule has 1 aliphatic rings. The van der Waals surface area contributed by atoms with E-state index in [4.69, 9.17) is 0 Å². The van der Waals surface area contributed by atoms with E-state index in [1.807, 2.05) is 0 Å². The molecule has 7 nitrogen and oxygen atoms in total. The molecule has 2 amide bonds. The molecule has 0 spiro atoms. The lowest BCUT2D eigenvalue weighted by Crippen LogP contribution is -2.40. The van der Waals surface area contributed by atoms with Crippen LogP contribution < -0.4 is 10.6 Å². The second kappa shape index (κ2) is 5.47. The molecule has 1 unspecified atom stereocenters. The standard InChI is InChI=1S/C12H13N3O4/c16-11-5-4-8(7-13-11)12(17)14-9-2-1-3-10(6-9)15(18)19/h1-3,6,8H,4-5,7H2,(H,13,16)(H,14,17). The fourth-order valence-electron chi connectivity index (χ4n) is 1.90. The van der Waals surface area contributed by atoms with Gasteiger partial charge >= 0.3 is 0 Å². The Hall–Kier alpha value is -2.44. The van der Waals surface area contributed by atoms with Crippen molar-refractivity contribution in [3.63, 3.8) is 0 Å². The molecule has 100 valence electrons. The van der Waals surface area contributed by atoms with Crippen LogP contribution in [0.1, 0.15) is 12.8 Å². The number of benzene rings is 1. The Morgan fingerprint density at radius 2 is 2.26 bits per heavy atom. The highest BCUT2D eigenvalue weighted by atomic mass is 16.6. The number of piperidine rings is 1. The second-order valence-electron chi connectivity index (χ2n) is 4.34. The molecule has 2 rings (SSSR count). The monoisotopic (exact) mass is 263 g/mol. The lowest BCUT2D eigenvalue weighted by Gasteiger charge is -2.21. The smallest absolute Gasteiger partial charge is 0.271 e. The Morgan fingerprint density at radius 3 is 2.89 bits per heavy atom. The summed E-state index contributed by atoms with van der Waals surface area (Å²) in [6.07, 6.45) is 0.819. The average Bonchev–Trinajstić information content (AvgIpc) is 2.39. The largest absolute Gasteiger partial charge is 0.355 e. The van der Waals surface area contributed by atoms with Crippen LogP contribution >= 0.6 is 0 Å². The number of carbonyl (C=O) groups is 2. The van der Waals surface area contributed by atoms with Crippen molar-refractivity contribution >= 4 is 23.2 Å². The summed E-state index contributed by atoms with van der Waals surface area (Å²) in [6.45, 7) is 0.305. The van der Waals surface area contributed by atoms with E-state index in [-0.39, 0.29) is 23.4 Å². The summed E-state index contributed by atoms with van der Waals surface area (Å²) < 4.78 is 0. The van der Waals surface area contributed by atoms with Crippen LogP contribution in [0.15, 0.2) is 24.3 Å². The van der Waals surface area contributed by atoms with Crippen LogP contribution in [-0.2, 0) is 9.59 Å². The van der Waals surface area contributed by atoms with Gasteiger partial charge in [-0.15, -0.1) is 0 Å². The summed E-state index contributed by atoms with van der Waals surface area (Å²) in [5, 5.41) is 15.9. The van der Waals surface area contributed by atoms with Gasteiger partial charge in [0.1, 0.15) is 0 Å². The second-order valence-corrected chi connectivity index (χ2v) is 4.34. The average molecular weight is 263 g/mol. The number of carbonyl (C=O) groups excluding carboxylic acids is 2. The number of hydrogen-bond donors (Lipinski definition) is 2. The van der Waals surface area contributed by atoms with Gasteiger partial charge in [-0.2, -0.15) is 0 Å². The Kier molecular flexibility index (Phi) is 3.74. The molecule has 0 bridgehead atoms. The molecule has 1 atom stereocenters. The van der Waals surface area contributed by atoms with E-state index >= 15 is 0 Å². The minimum Gasteiger partial charge on any atom is -0.355 e. The van der Waals surface area contributed by atoms with Crippen molar-refractivity contribution in [3.05, 3.63) is 34.4 Å². The highest BCUT2D eigenvalue weighted by Gasteiger charge is 2.24. The van der Waals surface area contributed by atoms with Gasteiger partial charge in [-0.3, -0.25) is 19.7 Å². The van der Waals surface area contributed by atoms with Crippen molar-refractivity contribution in [2.75, 3.05) is 11.9 Å². The summed E-state index contributed by atoms with van der Waals surface area (Å²) in [5.41, 5.74) is 0.311. The van der Waals surface area contributed by atoms with E-state index in [1.54, 1.807) is 6.07 Å². The van der Waals surface area contributed by atoms with E-state index in [2.05, 4.69) is 10.6 Å². The number of nitro benzene ring substituents is 1. The lowest BCUT2D eigenvalue weighted by atomic mass is 9.98. The third-order valence-corrected chi connectivity index (χ3v) is 2.96. The SMILES string of the molecule is O=C1CCC(C(=O)Nc2cccc([N+](=O)[O-])c2)CN1. The Morgan fingerprint density at radius 1 is 1.47 bits per heavy atom. The molecule has 7 heteroatoms. The zero-order valence-corrected chi connectivity index (χ0v) is 10.1. The number of non-ortho nitro benzene ring substituents is 1. The van der Waals surface area contributed by atoms with Crippen molar-refractivity contribution in [2.45, 2.75) is 12.8 Å². The molecule has 1 saturated heterocycles.